The van der Waals surface area contributed by atoms with Crippen LogP contribution in [0, 0.1) is 30.1 Å². The first-order valence-corrected chi connectivity index (χ1v) is 8.59. The van der Waals surface area contributed by atoms with E-state index in [4.69, 9.17) is 15.5 Å². The van der Waals surface area contributed by atoms with Gasteiger partial charge >= 0.3 is 0 Å². The lowest BCUT2D eigenvalue weighted by Gasteiger charge is -2.35. The van der Waals surface area contributed by atoms with Crippen molar-refractivity contribution in [3.63, 3.8) is 0 Å². The van der Waals surface area contributed by atoms with Crippen molar-refractivity contribution in [1.29, 1.82) is 5.26 Å². The summed E-state index contributed by atoms with van der Waals surface area (Å²) in [5.74, 6) is 0.726. The molecule has 0 unspecified atom stereocenters. The number of nitrogens with zero attached hydrogens (tertiary/aromatic N) is 1. The molecule has 1 rings (SSSR count). The zero-order valence-corrected chi connectivity index (χ0v) is 14.7. The van der Waals surface area contributed by atoms with Gasteiger partial charge in [0.05, 0.1) is 17.4 Å². The highest BCUT2D eigenvalue weighted by Gasteiger charge is 2.32. The van der Waals surface area contributed by atoms with E-state index in [0.717, 1.165) is 5.56 Å². The third-order valence-corrected chi connectivity index (χ3v) is 4.72. The molecule has 1 aromatic carbocycles. The molecule has 0 heterocycles. The fraction of sp³-hybridized carbons (Fsp3) is 0.562. The molecular weight excluding hydrogens is 300 g/mol. The van der Waals surface area contributed by atoms with Crippen molar-refractivity contribution < 1.29 is 13.0 Å². The highest BCUT2D eigenvalue weighted by atomic mass is 32.2. The summed E-state index contributed by atoms with van der Waals surface area (Å²) in [6.45, 7) is 10.1. The average Bonchev–Trinajstić information content (AvgIpc) is 2.38. The van der Waals surface area contributed by atoms with Gasteiger partial charge in [0.25, 0.3) is 10.1 Å². The zero-order valence-electron chi connectivity index (χ0n) is 13.9. The summed E-state index contributed by atoms with van der Waals surface area (Å²) in [5.41, 5.74) is 6.72. The van der Waals surface area contributed by atoms with Crippen molar-refractivity contribution in [3.8, 4) is 6.07 Å². The predicted octanol–water partition coefficient (Wildman–Crippen LogP) is 3.15. The SMILES string of the molecule is CC(C)C(N)(CC#N)C(C)C.Cc1ccc(S(=O)(=O)O)cc1. The second-order valence-corrected chi connectivity index (χ2v) is 7.47. The van der Waals surface area contributed by atoms with Crippen molar-refractivity contribution in [3.05, 3.63) is 29.8 Å². The standard InChI is InChI=1S/C9H18N2.C7H8O3S/c1-7(2)9(11,5-6-10)8(3)4;1-6-2-4-7(5-3-6)11(8,9)10/h7-8H,5,11H2,1-4H3;2-5H,1H3,(H,8,9,10). The van der Waals surface area contributed by atoms with Gasteiger partial charge in [-0.05, 0) is 30.9 Å². The fourth-order valence-electron chi connectivity index (χ4n) is 1.92. The van der Waals surface area contributed by atoms with Crippen LogP contribution in [0.15, 0.2) is 29.2 Å². The average molecular weight is 326 g/mol. The van der Waals surface area contributed by atoms with Crippen LogP contribution in [0.3, 0.4) is 0 Å². The van der Waals surface area contributed by atoms with E-state index < -0.39 is 10.1 Å². The number of hydrogen-bond acceptors (Lipinski definition) is 4. The van der Waals surface area contributed by atoms with E-state index in [1.54, 1.807) is 12.1 Å². The van der Waals surface area contributed by atoms with Gasteiger partial charge in [0.15, 0.2) is 0 Å². The van der Waals surface area contributed by atoms with Gasteiger partial charge in [-0.15, -0.1) is 0 Å². The molecule has 0 amide bonds. The summed E-state index contributed by atoms with van der Waals surface area (Å²) < 4.78 is 29.6. The van der Waals surface area contributed by atoms with E-state index in [-0.39, 0.29) is 10.4 Å². The number of benzene rings is 1. The lowest BCUT2D eigenvalue weighted by molar-refractivity contribution is 0.229. The van der Waals surface area contributed by atoms with Crippen molar-refractivity contribution in [2.24, 2.45) is 17.6 Å². The predicted molar refractivity (Wildman–Crippen MR) is 87.8 cm³/mol. The van der Waals surface area contributed by atoms with E-state index in [9.17, 15) is 8.42 Å². The van der Waals surface area contributed by atoms with Crippen molar-refractivity contribution in [2.45, 2.75) is 51.5 Å². The van der Waals surface area contributed by atoms with Gasteiger partial charge in [-0.3, -0.25) is 4.55 Å². The van der Waals surface area contributed by atoms with E-state index in [2.05, 4.69) is 33.8 Å². The third kappa shape index (κ3) is 6.14. The Kier molecular flexibility index (Phi) is 7.74. The van der Waals surface area contributed by atoms with Crippen molar-refractivity contribution in [2.75, 3.05) is 0 Å². The smallest absolute Gasteiger partial charge is 0.294 e. The topological polar surface area (TPSA) is 104 Å². The summed E-state index contributed by atoms with van der Waals surface area (Å²) in [7, 11) is -4.02. The van der Waals surface area contributed by atoms with Crippen LogP contribution in [-0.2, 0) is 10.1 Å². The van der Waals surface area contributed by atoms with Gasteiger partial charge in [-0.2, -0.15) is 13.7 Å². The molecule has 0 saturated carbocycles. The van der Waals surface area contributed by atoms with Crippen LogP contribution in [0.5, 0.6) is 0 Å². The molecule has 0 atom stereocenters. The van der Waals surface area contributed by atoms with Gasteiger partial charge in [-0.1, -0.05) is 45.4 Å². The maximum absolute atomic E-state index is 10.5. The van der Waals surface area contributed by atoms with Crippen LogP contribution in [0.1, 0.15) is 39.7 Å². The molecule has 1 aromatic rings. The quantitative estimate of drug-likeness (QED) is 0.827. The Morgan fingerprint density at radius 3 is 1.82 bits per heavy atom. The summed E-state index contributed by atoms with van der Waals surface area (Å²) in [6.07, 6.45) is 0.447. The van der Waals surface area contributed by atoms with E-state index in [1.165, 1.54) is 12.1 Å². The molecule has 6 heteroatoms. The van der Waals surface area contributed by atoms with Gasteiger partial charge in [0.2, 0.25) is 0 Å². The highest BCUT2D eigenvalue weighted by Crippen LogP contribution is 2.26. The Bertz CT molecular complexity index is 591. The van der Waals surface area contributed by atoms with Gasteiger partial charge in [0.1, 0.15) is 0 Å². The molecule has 22 heavy (non-hydrogen) atoms. The van der Waals surface area contributed by atoms with Crippen LogP contribution >= 0.6 is 0 Å². The number of hydrogen-bond donors (Lipinski definition) is 2. The molecule has 0 aliphatic heterocycles. The van der Waals surface area contributed by atoms with Crippen molar-refractivity contribution >= 4 is 10.1 Å². The second kappa shape index (κ2) is 8.28. The molecule has 3 N–H and O–H groups in total. The summed E-state index contributed by atoms with van der Waals surface area (Å²) in [5, 5.41) is 8.57. The second-order valence-electron chi connectivity index (χ2n) is 6.04. The fourth-order valence-corrected chi connectivity index (χ4v) is 2.40. The summed E-state index contributed by atoms with van der Waals surface area (Å²) in [6, 6.07) is 8.13. The van der Waals surface area contributed by atoms with Crippen LogP contribution in [0.4, 0.5) is 0 Å². The number of nitriles is 1. The number of aryl methyl sites for hydroxylation is 1. The minimum absolute atomic E-state index is 0.0666. The lowest BCUT2D eigenvalue weighted by atomic mass is 9.76. The van der Waals surface area contributed by atoms with Crippen LogP contribution in [0.2, 0.25) is 0 Å². The van der Waals surface area contributed by atoms with Crippen LogP contribution in [-0.4, -0.2) is 18.5 Å². The molecule has 0 aromatic heterocycles. The molecule has 0 spiro atoms. The van der Waals surface area contributed by atoms with Crippen molar-refractivity contribution in [1.82, 2.24) is 0 Å². The largest absolute Gasteiger partial charge is 0.324 e. The molecular formula is C16H26N2O3S. The molecule has 0 aliphatic carbocycles. The monoisotopic (exact) mass is 326 g/mol. The van der Waals surface area contributed by atoms with E-state index in [1.807, 2.05) is 6.92 Å². The van der Waals surface area contributed by atoms with E-state index >= 15 is 0 Å². The molecule has 5 nitrogen and oxygen atoms in total. The van der Waals surface area contributed by atoms with Gasteiger partial charge in [-0.25, -0.2) is 0 Å². The molecule has 0 radical (unpaired) electrons. The first-order chi connectivity index (χ1) is 9.95. The summed E-state index contributed by atoms with van der Waals surface area (Å²) in [4.78, 5) is -0.0666. The number of nitrogens with two attached hydrogens (primary N) is 1. The Labute approximate surface area is 133 Å². The van der Waals surface area contributed by atoms with Gasteiger partial charge < -0.3 is 5.73 Å². The normalized spacial score (nSPS) is 11.8. The zero-order chi connectivity index (χ0) is 17.6. The first-order valence-electron chi connectivity index (χ1n) is 7.15. The minimum atomic E-state index is -4.02. The highest BCUT2D eigenvalue weighted by molar-refractivity contribution is 7.85. The molecule has 124 valence electrons. The van der Waals surface area contributed by atoms with E-state index in [0.29, 0.717) is 18.3 Å². The van der Waals surface area contributed by atoms with Gasteiger partial charge in [0, 0.05) is 5.54 Å². The minimum Gasteiger partial charge on any atom is -0.324 e. The number of rotatable bonds is 4. The Morgan fingerprint density at radius 2 is 1.59 bits per heavy atom. The third-order valence-electron chi connectivity index (χ3n) is 3.85. The Balaban J connectivity index is 0.000000401. The first kappa shape index (κ1) is 20.6. The lowest BCUT2D eigenvalue weighted by Crippen LogP contribution is -2.49. The molecule has 0 saturated heterocycles. The molecule has 0 bridgehead atoms. The molecule has 0 fully saturated rings. The summed E-state index contributed by atoms with van der Waals surface area (Å²) >= 11 is 0. The maximum atomic E-state index is 10.5. The Hall–Kier alpha value is -1.42. The van der Waals surface area contributed by atoms with Crippen LogP contribution < -0.4 is 5.73 Å². The van der Waals surface area contributed by atoms with Crippen LogP contribution in [0.25, 0.3) is 0 Å². The maximum Gasteiger partial charge on any atom is 0.294 e. The Morgan fingerprint density at radius 1 is 1.18 bits per heavy atom. The molecule has 0 aliphatic rings.